The van der Waals surface area contributed by atoms with E-state index in [-0.39, 0.29) is 23.2 Å². The fraction of sp³-hybridized carbons (Fsp3) is 0.409. The smallest absolute Gasteiger partial charge is 0.251 e. The minimum Gasteiger partial charge on any atom is -0.487 e. The molecule has 1 atom stereocenters. The van der Waals surface area contributed by atoms with Gasteiger partial charge >= 0.3 is 0 Å². The lowest BCUT2D eigenvalue weighted by molar-refractivity contribution is 0.0619. The van der Waals surface area contributed by atoms with Crippen LogP contribution in [0.1, 0.15) is 61.6 Å². The van der Waals surface area contributed by atoms with E-state index in [9.17, 15) is 4.79 Å². The molecular formula is C22H25NO3. The van der Waals surface area contributed by atoms with Gasteiger partial charge in [-0.1, -0.05) is 18.2 Å². The summed E-state index contributed by atoms with van der Waals surface area (Å²) in [5, 5.41) is 3.20. The number of hydrogen-bond donors (Lipinski definition) is 1. The third-order valence-electron chi connectivity index (χ3n) is 5.01. The maximum Gasteiger partial charge on any atom is 0.251 e. The maximum absolute atomic E-state index is 12.9. The van der Waals surface area contributed by atoms with Crippen LogP contribution in [0.3, 0.4) is 0 Å². The van der Waals surface area contributed by atoms with E-state index in [2.05, 4.69) is 33.0 Å². The average molecular weight is 351 g/mol. The molecule has 26 heavy (non-hydrogen) atoms. The largest absolute Gasteiger partial charge is 0.487 e. The van der Waals surface area contributed by atoms with E-state index in [1.165, 1.54) is 0 Å². The van der Waals surface area contributed by atoms with Crippen molar-refractivity contribution in [3.63, 3.8) is 0 Å². The number of amides is 1. The van der Waals surface area contributed by atoms with Crippen LogP contribution in [-0.2, 0) is 6.42 Å². The van der Waals surface area contributed by atoms with Crippen LogP contribution in [0.4, 0.5) is 0 Å². The van der Waals surface area contributed by atoms with Crippen molar-refractivity contribution in [2.24, 2.45) is 0 Å². The number of rotatable bonds is 2. The monoisotopic (exact) mass is 351 g/mol. The first-order valence-corrected chi connectivity index (χ1v) is 9.13. The predicted octanol–water partition coefficient (Wildman–Crippen LogP) is 4.43. The summed E-state index contributed by atoms with van der Waals surface area (Å²) in [6, 6.07) is 13.6. The number of hydrogen-bond acceptors (Lipinski definition) is 3. The lowest BCUT2D eigenvalue weighted by atomic mass is 9.89. The van der Waals surface area contributed by atoms with Crippen LogP contribution in [0.15, 0.2) is 42.5 Å². The second-order valence-electron chi connectivity index (χ2n) is 8.49. The molecule has 2 heterocycles. The van der Waals surface area contributed by atoms with Gasteiger partial charge in [-0.05, 0) is 57.5 Å². The van der Waals surface area contributed by atoms with Crippen molar-refractivity contribution >= 4 is 5.91 Å². The minimum atomic E-state index is -0.317. The van der Waals surface area contributed by atoms with Gasteiger partial charge < -0.3 is 14.8 Å². The molecule has 136 valence electrons. The minimum absolute atomic E-state index is 0.0602. The highest BCUT2D eigenvalue weighted by molar-refractivity contribution is 5.95. The number of fused-ring (bicyclic) bond motifs is 2. The number of para-hydroxylation sites is 1. The van der Waals surface area contributed by atoms with Crippen molar-refractivity contribution in [3.8, 4) is 11.5 Å². The van der Waals surface area contributed by atoms with Crippen LogP contribution in [0, 0.1) is 0 Å². The molecule has 0 aromatic heterocycles. The van der Waals surface area contributed by atoms with Crippen molar-refractivity contribution < 1.29 is 14.3 Å². The Morgan fingerprint density at radius 2 is 1.73 bits per heavy atom. The molecule has 0 saturated heterocycles. The Kier molecular flexibility index (Phi) is 3.76. The molecule has 4 rings (SSSR count). The summed E-state index contributed by atoms with van der Waals surface area (Å²) in [4.78, 5) is 12.9. The molecule has 0 saturated carbocycles. The number of ether oxygens (including phenoxy) is 2. The SMILES string of the molecule is CC1(C)Cc2cc(C(=O)NC3CC(C)(C)Oc4ccccc43)ccc2O1. The molecule has 2 aliphatic rings. The summed E-state index contributed by atoms with van der Waals surface area (Å²) in [7, 11) is 0. The molecule has 4 heteroatoms. The average Bonchev–Trinajstić information content (AvgIpc) is 2.86. The first-order chi connectivity index (χ1) is 12.2. The number of nitrogens with one attached hydrogen (secondary N) is 1. The summed E-state index contributed by atoms with van der Waals surface area (Å²) in [6.45, 7) is 8.23. The van der Waals surface area contributed by atoms with Gasteiger partial charge in [-0.15, -0.1) is 0 Å². The molecule has 1 amide bonds. The lowest BCUT2D eigenvalue weighted by Gasteiger charge is -2.37. The fourth-order valence-electron chi connectivity index (χ4n) is 3.92. The molecule has 4 nitrogen and oxygen atoms in total. The number of benzene rings is 2. The van der Waals surface area contributed by atoms with Crippen LogP contribution < -0.4 is 14.8 Å². The predicted molar refractivity (Wildman–Crippen MR) is 101 cm³/mol. The van der Waals surface area contributed by atoms with Gasteiger partial charge in [0.05, 0.1) is 6.04 Å². The molecule has 0 bridgehead atoms. The van der Waals surface area contributed by atoms with Gasteiger partial charge in [0.1, 0.15) is 22.7 Å². The van der Waals surface area contributed by atoms with Gasteiger partial charge in [-0.25, -0.2) is 0 Å². The highest BCUT2D eigenvalue weighted by atomic mass is 16.5. The first-order valence-electron chi connectivity index (χ1n) is 9.13. The van der Waals surface area contributed by atoms with Crippen LogP contribution in [0.25, 0.3) is 0 Å². The van der Waals surface area contributed by atoms with E-state index in [0.717, 1.165) is 35.5 Å². The number of carbonyl (C=O) groups is 1. The molecule has 2 aliphatic heterocycles. The molecule has 0 aliphatic carbocycles. The summed E-state index contributed by atoms with van der Waals surface area (Å²) < 4.78 is 12.0. The highest BCUT2D eigenvalue weighted by Gasteiger charge is 2.35. The summed E-state index contributed by atoms with van der Waals surface area (Å²) in [5.41, 5.74) is 2.27. The Morgan fingerprint density at radius 1 is 1.00 bits per heavy atom. The Bertz CT molecular complexity index is 869. The first kappa shape index (κ1) is 17.0. The summed E-state index contributed by atoms with van der Waals surface area (Å²) in [5.74, 6) is 1.66. The van der Waals surface area contributed by atoms with Gasteiger partial charge in [-0.3, -0.25) is 4.79 Å². The maximum atomic E-state index is 12.9. The molecule has 1 N–H and O–H groups in total. The lowest BCUT2D eigenvalue weighted by Crippen LogP contribution is -2.41. The van der Waals surface area contributed by atoms with E-state index >= 15 is 0 Å². The zero-order valence-corrected chi connectivity index (χ0v) is 15.8. The summed E-state index contributed by atoms with van der Waals surface area (Å²) >= 11 is 0. The van der Waals surface area contributed by atoms with Crippen molar-refractivity contribution in [2.45, 2.75) is 57.8 Å². The Hall–Kier alpha value is -2.49. The highest BCUT2D eigenvalue weighted by Crippen LogP contribution is 2.40. The van der Waals surface area contributed by atoms with Gasteiger partial charge in [-0.2, -0.15) is 0 Å². The van der Waals surface area contributed by atoms with Crippen LogP contribution in [0.2, 0.25) is 0 Å². The molecule has 2 aromatic rings. The molecule has 0 radical (unpaired) electrons. The molecule has 0 fully saturated rings. The van der Waals surface area contributed by atoms with Crippen molar-refractivity contribution in [1.82, 2.24) is 5.32 Å². The van der Waals surface area contributed by atoms with Crippen molar-refractivity contribution in [1.29, 1.82) is 0 Å². The second-order valence-corrected chi connectivity index (χ2v) is 8.49. The van der Waals surface area contributed by atoms with Gasteiger partial charge in [0, 0.05) is 24.0 Å². The third-order valence-corrected chi connectivity index (χ3v) is 5.01. The Morgan fingerprint density at radius 3 is 2.54 bits per heavy atom. The molecule has 1 unspecified atom stereocenters. The zero-order chi connectivity index (χ0) is 18.5. The fourth-order valence-corrected chi connectivity index (χ4v) is 3.92. The molecular weight excluding hydrogens is 326 g/mol. The Labute approximate surface area is 154 Å². The third kappa shape index (κ3) is 3.16. The summed E-state index contributed by atoms with van der Waals surface area (Å²) in [6.07, 6.45) is 1.55. The van der Waals surface area contributed by atoms with Crippen LogP contribution in [-0.4, -0.2) is 17.1 Å². The van der Waals surface area contributed by atoms with E-state index < -0.39 is 0 Å². The van der Waals surface area contributed by atoms with Gasteiger partial charge in [0.25, 0.3) is 5.91 Å². The van der Waals surface area contributed by atoms with Gasteiger partial charge in [0.2, 0.25) is 0 Å². The van der Waals surface area contributed by atoms with Crippen LogP contribution in [0.5, 0.6) is 11.5 Å². The second kappa shape index (κ2) is 5.76. The van der Waals surface area contributed by atoms with E-state index in [0.29, 0.717) is 5.56 Å². The topological polar surface area (TPSA) is 47.6 Å². The standard InChI is InChI=1S/C22H25NO3/c1-21(2)12-15-11-14(9-10-18(15)25-21)20(24)23-17-13-22(3,4)26-19-8-6-5-7-16(17)19/h5-11,17H,12-13H2,1-4H3,(H,23,24). The quantitative estimate of drug-likeness (QED) is 0.870. The van der Waals surface area contributed by atoms with Crippen molar-refractivity contribution in [3.05, 3.63) is 59.2 Å². The molecule has 0 spiro atoms. The Balaban J connectivity index is 1.58. The normalized spacial score (nSPS) is 21.8. The van der Waals surface area contributed by atoms with Gasteiger partial charge in [0.15, 0.2) is 0 Å². The van der Waals surface area contributed by atoms with E-state index in [1.54, 1.807) is 0 Å². The number of carbonyl (C=O) groups excluding carboxylic acids is 1. The van der Waals surface area contributed by atoms with E-state index in [1.807, 2.05) is 42.5 Å². The van der Waals surface area contributed by atoms with E-state index in [4.69, 9.17) is 9.47 Å². The molecule has 2 aromatic carbocycles. The van der Waals surface area contributed by atoms with Crippen molar-refractivity contribution in [2.75, 3.05) is 0 Å². The zero-order valence-electron chi connectivity index (χ0n) is 15.8. The van der Waals surface area contributed by atoms with Crippen LogP contribution >= 0.6 is 0 Å².